The molecular formula is C20H17Br2IN4O. The number of hydrogen-bond acceptors (Lipinski definition) is 5. The van der Waals surface area contributed by atoms with Crippen molar-refractivity contribution in [3.05, 3.63) is 72.4 Å². The van der Waals surface area contributed by atoms with Gasteiger partial charge in [-0.15, -0.1) is 0 Å². The monoisotopic (exact) mass is 614 g/mol. The van der Waals surface area contributed by atoms with E-state index in [1.54, 1.807) is 12.4 Å². The predicted octanol–water partition coefficient (Wildman–Crippen LogP) is 5.26. The number of pyridine rings is 2. The molecule has 3 rings (SSSR count). The molecule has 0 fully saturated rings. The summed E-state index contributed by atoms with van der Waals surface area (Å²) in [5, 5.41) is 0. The lowest BCUT2D eigenvalue weighted by atomic mass is 10.2. The maximum Gasteiger partial charge on any atom is 0.139 e. The Hall–Kier alpha value is -1.83. The third kappa shape index (κ3) is 7.30. The Bertz CT molecular complexity index is 1000. The number of halogens is 3. The number of aromatic nitrogens is 2. The fourth-order valence-electron chi connectivity index (χ4n) is 1.92. The van der Waals surface area contributed by atoms with E-state index in [0.29, 0.717) is 23.8 Å². The van der Waals surface area contributed by atoms with Gasteiger partial charge in [-0.1, -0.05) is 11.8 Å². The zero-order valence-corrected chi connectivity index (χ0v) is 20.2. The van der Waals surface area contributed by atoms with Gasteiger partial charge in [-0.25, -0.2) is 9.97 Å². The highest BCUT2D eigenvalue weighted by atomic mass is 127. The van der Waals surface area contributed by atoms with Gasteiger partial charge in [0.25, 0.3) is 0 Å². The summed E-state index contributed by atoms with van der Waals surface area (Å²) < 4.78 is 8.17. The van der Waals surface area contributed by atoms with Gasteiger partial charge < -0.3 is 16.2 Å². The summed E-state index contributed by atoms with van der Waals surface area (Å²) in [4.78, 5) is 7.94. The van der Waals surface area contributed by atoms with Crippen molar-refractivity contribution in [3.8, 4) is 17.6 Å². The lowest BCUT2D eigenvalue weighted by molar-refractivity contribution is 0.340. The van der Waals surface area contributed by atoms with Crippen molar-refractivity contribution < 1.29 is 4.74 Å². The zero-order valence-electron chi connectivity index (χ0n) is 14.9. The Morgan fingerprint density at radius 1 is 0.964 bits per heavy atom. The molecule has 5 nitrogen and oxygen atoms in total. The van der Waals surface area contributed by atoms with E-state index in [1.165, 1.54) is 0 Å². The van der Waals surface area contributed by atoms with Gasteiger partial charge in [0.05, 0.1) is 15.7 Å². The van der Waals surface area contributed by atoms with Crippen molar-refractivity contribution in [1.29, 1.82) is 0 Å². The van der Waals surface area contributed by atoms with Crippen LogP contribution in [0.4, 0.5) is 11.6 Å². The third-order valence-corrected chi connectivity index (χ3v) is 4.96. The third-order valence-electron chi connectivity index (χ3n) is 3.23. The second-order valence-corrected chi connectivity index (χ2v) is 8.31. The highest BCUT2D eigenvalue weighted by Crippen LogP contribution is 2.17. The largest absolute Gasteiger partial charge is 0.494 e. The number of nitrogens with zero attached hydrogens (tertiary/aromatic N) is 2. The van der Waals surface area contributed by atoms with Crippen molar-refractivity contribution in [2.75, 3.05) is 18.1 Å². The van der Waals surface area contributed by atoms with Crippen LogP contribution in [0.1, 0.15) is 18.1 Å². The number of anilines is 2. The molecule has 0 unspecified atom stereocenters. The molecule has 0 aliphatic heterocycles. The standard InChI is InChI=1S/C15H13BrN2O.C5H4BrIN2/c1-2-19-14-7-4-11(5-8-14)3-6-12-9-13(16)10-18-15(12)17;6-3-1-4(7)5(8)9-2-3/h4-5,7-10H,2H2,1H3,(H2,17,18);1-2H,(H2,8,9). The van der Waals surface area contributed by atoms with Gasteiger partial charge in [0.15, 0.2) is 0 Å². The van der Waals surface area contributed by atoms with Gasteiger partial charge in [0.1, 0.15) is 17.4 Å². The minimum atomic E-state index is 0.432. The van der Waals surface area contributed by atoms with Crippen molar-refractivity contribution >= 4 is 66.1 Å². The summed E-state index contributed by atoms with van der Waals surface area (Å²) in [7, 11) is 0. The van der Waals surface area contributed by atoms with E-state index in [-0.39, 0.29) is 0 Å². The summed E-state index contributed by atoms with van der Waals surface area (Å²) in [5.74, 6) is 7.92. The molecular weight excluding hydrogens is 599 g/mol. The number of ether oxygens (including phenoxy) is 1. The fourth-order valence-corrected chi connectivity index (χ4v) is 3.48. The highest BCUT2D eigenvalue weighted by molar-refractivity contribution is 14.1. The highest BCUT2D eigenvalue weighted by Gasteiger charge is 1.98. The van der Waals surface area contributed by atoms with E-state index in [9.17, 15) is 0 Å². The van der Waals surface area contributed by atoms with Crippen LogP contribution in [0.15, 0.2) is 57.7 Å². The van der Waals surface area contributed by atoms with Crippen LogP contribution < -0.4 is 16.2 Å². The van der Waals surface area contributed by atoms with E-state index in [4.69, 9.17) is 16.2 Å². The normalized spacial score (nSPS) is 9.57. The average molecular weight is 616 g/mol. The lowest BCUT2D eigenvalue weighted by Crippen LogP contribution is -1.93. The van der Waals surface area contributed by atoms with Crippen LogP contribution in [0, 0.1) is 15.4 Å². The molecule has 2 heterocycles. The van der Waals surface area contributed by atoms with Crippen LogP contribution in [-0.4, -0.2) is 16.6 Å². The Kier molecular flexibility index (Phi) is 9.02. The maximum absolute atomic E-state index is 5.76. The van der Waals surface area contributed by atoms with E-state index >= 15 is 0 Å². The topological polar surface area (TPSA) is 87.0 Å². The first-order chi connectivity index (χ1) is 13.4. The second-order valence-electron chi connectivity index (χ2n) is 5.31. The van der Waals surface area contributed by atoms with Crippen LogP contribution in [-0.2, 0) is 0 Å². The molecule has 2 aromatic heterocycles. The minimum Gasteiger partial charge on any atom is -0.494 e. The molecule has 0 saturated carbocycles. The van der Waals surface area contributed by atoms with E-state index < -0.39 is 0 Å². The number of nitrogen functional groups attached to an aromatic ring is 2. The lowest BCUT2D eigenvalue weighted by Gasteiger charge is -2.01. The molecule has 4 N–H and O–H groups in total. The molecule has 144 valence electrons. The van der Waals surface area contributed by atoms with Gasteiger partial charge in [0.2, 0.25) is 0 Å². The molecule has 8 heteroatoms. The number of rotatable bonds is 2. The van der Waals surface area contributed by atoms with Crippen molar-refractivity contribution in [2.24, 2.45) is 0 Å². The van der Waals surface area contributed by atoms with E-state index in [2.05, 4.69) is 76.3 Å². The van der Waals surface area contributed by atoms with Crippen LogP contribution in [0.5, 0.6) is 5.75 Å². The summed E-state index contributed by atoms with van der Waals surface area (Å²) in [6, 6.07) is 11.4. The Morgan fingerprint density at radius 3 is 2.14 bits per heavy atom. The van der Waals surface area contributed by atoms with Crippen molar-refractivity contribution in [1.82, 2.24) is 9.97 Å². The van der Waals surface area contributed by atoms with Crippen molar-refractivity contribution in [3.63, 3.8) is 0 Å². The van der Waals surface area contributed by atoms with Crippen LogP contribution in [0.25, 0.3) is 0 Å². The summed E-state index contributed by atoms with van der Waals surface area (Å²) >= 11 is 8.75. The Labute approximate surface area is 194 Å². The number of hydrogen-bond donors (Lipinski definition) is 2. The van der Waals surface area contributed by atoms with Gasteiger partial charge >= 0.3 is 0 Å². The maximum atomic E-state index is 5.76. The minimum absolute atomic E-state index is 0.432. The molecule has 0 atom stereocenters. The zero-order chi connectivity index (χ0) is 20.5. The molecule has 0 aliphatic rings. The summed E-state index contributed by atoms with van der Waals surface area (Å²) in [6.07, 6.45) is 3.33. The molecule has 3 aromatic rings. The first kappa shape index (κ1) is 22.5. The Morgan fingerprint density at radius 2 is 1.57 bits per heavy atom. The summed E-state index contributed by atoms with van der Waals surface area (Å²) in [6.45, 7) is 2.61. The van der Waals surface area contributed by atoms with Gasteiger partial charge in [-0.2, -0.15) is 0 Å². The predicted molar refractivity (Wildman–Crippen MR) is 129 cm³/mol. The quantitative estimate of drug-likeness (QED) is 0.304. The van der Waals surface area contributed by atoms with Gasteiger partial charge in [-0.3, -0.25) is 0 Å². The van der Waals surface area contributed by atoms with Crippen LogP contribution in [0.2, 0.25) is 0 Å². The molecule has 0 aliphatic carbocycles. The Balaban J connectivity index is 0.000000261. The molecule has 0 saturated heterocycles. The molecule has 0 amide bonds. The van der Waals surface area contributed by atoms with E-state index in [0.717, 1.165) is 23.8 Å². The first-order valence-corrected chi connectivity index (χ1v) is 10.8. The van der Waals surface area contributed by atoms with Crippen LogP contribution >= 0.6 is 54.5 Å². The molecule has 0 spiro atoms. The summed E-state index contributed by atoms with van der Waals surface area (Å²) in [5.41, 5.74) is 12.8. The average Bonchev–Trinajstić information content (AvgIpc) is 2.68. The fraction of sp³-hybridized carbons (Fsp3) is 0.100. The smallest absolute Gasteiger partial charge is 0.139 e. The first-order valence-electron chi connectivity index (χ1n) is 8.11. The van der Waals surface area contributed by atoms with Crippen LogP contribution in [0.3, 0.4) is 0 Å². The van der Waals surface area contributed by atoms with Gasteiger partial charge in [0, 0.05) is 26.9 Å². The number of benzene rings is 1. The molecule has 0 radical (unpaired) electrons. The molecule has 1 aromatic carbocycles. The van der Waals surface area contributed by atoms with E-state index in [1.807, 2.05) is 43.3 Å². The molecule has 28 heavy (non-hydrogen) atoms. The number of nitrogens with two attached hydrogens (primary N) is 2. The SMILES string of the molecule is CCOc1ccc(C#Cc2cc(Br)cnc2N)cc1.Nc1ncc(Br)cc1I. The van der Waals surface area contributed by atoms with Gasteiger partial charge in [-0.05, 0) is 97.8 Å². The second kappa shape index (κ2) is 11.2. The van der Waals surface area contributed by atoms with Crippen molar-refractivity contribution in [2.45, 2.75) is 6.92 Å². The molecule has 0 bridgehead atoms.